The normalized spacial score (nSPS) is 35.3. The van der Waals surface area contributed by atoms with Crippen LogP contribution < -0.4 is 0 Å². The van der Waals surface area contributed by atoms with Gasteiger partial charge in [0.15, 0.2) is 0 Å². The third-order valence-electron chi connectivity index (χ3n) is 8.14. The first-order valence-electron chi connectivity index (χ1n) is 11.1. The van der Waals surface area contributed by atoms with Crippen molar-refractivity contribution in [1.29, 1.82) is 5.26 Å². The molecule has 4 aliphatic rings. The number of rotatable bonds is 3. The van der Waals surface area contributed by atoms with E-state index in [9.17, 15) is 14.9 Å². The molecule has 0 N–H and O–H groups in total. The lowest BCUT2D eigenvalue weighted by Gasteiger charge is -2.52. The van der Waals surface area contributed by atoms with Gasteiger partial charge in [0.05, 0.1) is 25.3 Å². The lowest BCUT2D eigenvalue weighted by atomic mass is 9.54. The molecule has 0 bridgehead atoms. The molecule has 4 aliphatic carbocycles. The number of ether oxygens (including phenoxy) is 2. The summed E-state index contributed by atoms with van der Waals surface area (Å²) in [5.74, 6) is 0.445. The van der Waals surface area contributed by atoms with Gasteiger partial charge in [0, 0.05) is 12.3 Å². The maximum Gasteiger partial charge on any atom is 0.508 e. The first kappa shape index (κ1) is 21.6. The van der Waals surface area contributed by atoms with Gasteiger partial charge < -0.3 is 14.3 Å². The third kappa shape index (κ3) is 3.56. The number of nitrogens with zero attached hydrogens (tertiary/aromatic N) is 2. The van der Waals surface area contributed by atoms with Gasteiger partial charge in [0.2, 0.25) is 0 Å². The molecule has 2 unspecified atom stereocenters. The highest BCUT2D eigenvalue weighted by Gasteiger charge is 2.63. The van der Waals surface area contributed by atoms with Gasteiger partial charge >= 0.3 is 12.1 Å². The zero-order valence-electron chi connectivity index (χ0n) is 18.5. The van der Waals surface area contributed by atoms with Gasteiger partial charge in [-0.1, -0.05) is 17.7 Å². The Hall–Kier alpha value is -2.62. The molecule has 0 aliphatic heterocycles. The number of oxime groups is 1. The van der Waals surface area contributed by atoms with Crippen LogP contribution in [-0.2, 0) is 19.1 Å². The van der Waals surface area contributed by atoms with E-state index < -0.39 is 17.7 Å². The molecule has 0 radical (unpaired) electrons. The summed E-state index contributed by atoms with van der Waals surface area (Å²) in [4.78, 5) is 27.9. The van der Waals surface area contributed by atoms with Crippen LogP contribution in [0.4, 0.5) is 4.79 Å². The van der Waals surface area contributed by atoms with Gasteiger partial charge in [-0.15, -0.1) is 0 Å². The van der Waals surface area contributed by atoms with Crippen LogP contribution in [0.5, 0.6) is 0 Å². The van der Waals surface area contributed by atoms with E-state index in [1.807, 2.05) is 0 Å². The number of allylic oxidation sites excluding steroid dienone is 4. The molecule has 0 heterocycles. The second kappa shape index (κ2) is 8.14. The van der Waals surface area contributed by atoms with Crippen molar-refractivity contribution in [2.75, 3.05) is 7.11 Å². The molecule has 2 fully saturated rings. The van der Waals surface area contributed by atoms with E-state index in [1.165, 1.54) is 30.8 Å². The quantitative estimate of drug-likeness (QED) is 0.359. The molecule has 0 amide bonds. The highest BCUT2D eigenvalue weighted by Crippen LogP contribution is 2.65. The topological polar surface area (TPSA) is 98.0 Å². The third-order valence-corrected chi connectivity index (χ3v) is 8.14. The predicted molar refractivity (Wildman–Crippen MR) is 113 cm³/mol. The zero-order chi connectivity index (χ0) is 22.2. The number of nitriles is 1. The Morgan fingerprint density at radius 2 is 2.03 bits per heavy atom. The monoisotopic (exact) mass is 426 g/mol. The van der Waals surface area contributed by atoms with Gasteiger partial charge in [-0.05, 0) is 80.4 Å². The van der Waals surface area contributed by atoms with E-state index in [1.54, 1.807) is 0 Å². The van der Waals surface area contributed by atoms with Crippen molar-refractivity contribution in [2.24, 2.45) is 22.4 Å². The minimum Gasteiger partial charge on any atom is -0.438 e. The Balaban J connectivity index is 1.63. The fourth-order valence-corrected chi connectivity index (χ4v) is 6.65. The van der Waals surface area contributed by atoms with E-state index in [0.717, 1.165) is 50.7 Å². The van der Waals surface area contributed by atoms with Crippen LogP contribution in [0.1, 0.15) is 71.6 Å². The van der Waals surface area contributed by atoms with Crippen LogP contribution >= 0.6 is 0 Å². The molecule has 4 rings (SSSR count). The van der Waals surface area contributed by atoms with E-state index in [0.29, 0.717) is 18.3 Å². The van der Waals surface area contributed by atoms with Crippen LogP contribution in [0.3, 0.4) is 0 Å². The fourth-order valence-electron chi connectivity index (χ4n) is 6.65. The average Bonchev–Trinajstić information content (AvgIpc) is 3.04. The molecule has 4 atom stereocenters. The number of carbonyl (C=O) groups excluding carboxylic acids is 2. The highest BCUT2D eigenvalue weighted by atomic mass is 16.7. The summed E-state index contributed by atoms with van der Waals surface area (Å²) in [5.41, 5.74) is 4.13. The molecule has 0 spiro atoms. The summed E-state index contributed by atoms with van der Waals surface area (Å²) in [6, 6.07) is 2.28. The van der Waals surface area contributed by atoms with Crippen LogP contribution in [0.25, 0.3) is 0 Å². The van der Waals surface area contributed by atoms with E-state index in [-0.39, 0.29) is 11.8 Å². The summed E-state index contributed by atoms with van der Waals surface area (Å²) in [6.07, 6.45) is 8.82. The summed E-state index contributed by atoms with van der Waals surface area (Å²) in [7, 11) is 1.32. The van der Waals surface area contributed by atoms with E-state index in [2.05, 4.69) is 24.2 Å². The molecule has 0 aromatic heterocycles. The van der Waals surface area contributed by atoms with Crippen LogP contribution in [0, 0.1) is 28.6 Å². The lowest BCUT2D eigenvalue weighted by molar-refractivity contribution is -0.140. The zero-order valence-corrected chi connectivity index (χ0v) is 18.5. The van der Waals surface area contributed by atoms with Crippen molar-refractivity contribution in [3.05, 3.63) is 22.8 Å². The van der Waals surface area contributed by atoms with Crippen LogP contribution in [0.2, 0.25) is 0 Å². The molecule has 7 heteroatoms. The number of hydrogen-bond donors (Lipinski definition) is 0. The van der Waals surface area contributed by atoms with Crippen molar-refractivity contribution in [3.63, 3.8) is 0 Å². The van der Waals surface area contributed by atoms with Crippen LogP contribution in [0.15, 0.2) is 28.0 Å². The first-order chi connectivity index (χ1) is 14.8. The maximum atomic E-state index is 12.0. The van der Waals surface area contributed by atoms with E-state index >= 15 is 0 Å². The Labute approximate surface area is 183 Å². The number of fused-ring (bicyclic) bond motifs is 4. The molecule has 2 saturated carbocycles. The molecule has 7 nitrogen and oxygen atoms in total. The molecular weight excluding hydrogens is 396 g/mol. The Morgan fingerprint density at radius 3 is 2.74 bits per heavy atom. The first-order valence-corrected chi connectivity index (χ1v) is 11.1. The van der Waals surface area contributed by atoms with Gasteiger partial charge in [-0.2, -0.15) is 5.26 Å². The fraction of sp³-hybridized carbons (Fsp3) is 0.667. The molecule has 0 aromatic carbocycles. The van der Waals surface area contributed by atoms with Crippen molar-refractivity contribution < 1.29 is 23.9 Å². The highest BCUT2D eigenvalue weighted by molar-refractivity contribution is 5.97. The van der Waals surface area contributed by atoms with E-state index in [4.69, 9.17) is 14.3 Å². The Morgan fingerprint density at radius 1 is 1.23 bits per heavy atom. The van der Waals surface area contributed by atoms with Crippen LogP contribution in [-0.4, -0.2) is 30.5 Å². The second-order valence-electron chi connectivity index (χ2n) is 9.43. The second-order valence-corrected chi connectivity index (χ2v) is 9.43. The molecule has 0 saturated heterocycles. The summed E-state index contributed by atoms with van der Waals surface area (Å²) in [6.45, 7) is 3.57. The smallest absolute Gasteiger partial charge is 0.438 e. The minimum absolute atomic E-state index is 0.203. The van der Waals surface area contributed by atoms with Crippen molar-refractivity contribution >= 4 is 17.8 Å². The largest absolute Gasteiger partial charge is 0.508 e. The van der Waals surface area contributed by atoms with Gasteiger partial charge in [-0.25, -0.2) is 9.59 Å². The lowest BCUT2D eigenvalue weighted by Crippen LogP contribution is -2.52. The Bertz CT molecular complexity index is 927. The average molecular weight is 427 g/mol. The van der Waals surface area contributed by atoms with Crippen molar-refractivity contribution in [3.8, 4) is 6.07 Å². The van der Waals surface area contributed by atoms with Gasteiger partial charge in [0.25, 0.3) is 0 Å². The Kier molecular flexibility index (Phi) is 5.67. The molecular formula is C24H30N2O5. The number of methoxy groups -OCH3 is 1. The SMILES string of the molecule is COC(=O)O[C@@]1(CC#N)CCC2C3CCC4=CC(=NOC(C)=O)CCC4=C3CC[C@@]21C. The predicted octanol–water partition coefficient (Wildman–Crippen LogP) is 4.98. The number of hydrogen-bond acceptors (Lipinski definition) is 7. The minimum atomic E-state index is -0.776. The van der Waals surface area contributed by atoms with Gasteiger partial charge in [0.1, 0.15) is 5.60 Å². The standard InChI is InChI=1S/C24H30N2O5/c1-15(27)31-26-17-5-7-18-16(14-17)4-6-20-19(18)8-10-23(2)21(20)9-11-24(23,12-13-25)30-22(28)29-3/h14,20-21H,4-12H2,1-3H3/t20?,21?,23-,24+/m0/s1. The summed E-state index contributed by atoms with van der Waals surface area (Å²) < 4.78 is 10.6. The number of carbonyl (C=O) groups is 2. The summed E-state index contributed by atoms with van der Waals surface area (Å²) in [5, 5.41) is 13.5. The molecule has 166 valence electrons. The molecule has 31 heavy (non-hydrogen) atoms. The molecule has 0 aromatic rings. The van der Waals surface area contributed by atoms with Crippen molar-refractivity contribution in [2.45, 2.75) is 77.2 Å². The maximum absolute atomic E-state index is 12.0. The van der Waals surface area contributed by atoms with Gasteiger partial charge in [-0.3, -0.25) is 0 Å². The van der Waals surface area contributed by atoms with Crippen molar-refractivity contribution in [1.82, 2.24) is 0 Å². The summed E-state index contributed by atoms with van der Waals surface area (Å²) >= 11 is 0.